The molecule has 1 aromatic rings. The smallest absolute Gasteiger partial charge is 0.265 e. The van der Waals surface area contributed by atoms with Gasteiger partial charge >= 0.3 is 0 Å². The van der Waals surface area contributed by atoms with E-state index in [0.29, 0.717) is 10.6 Å². The maximum Gasteiger partial charge on any atom is 0.299 e. The summed E-state index contributed by atoms with van der Waals surface area (Å²) in [6, 6.07) is 0. The van der Waals surface area contributed by atoms with E-state index < -0.39 is 5.91 Å². The van der Waals surface area contributed by atoms with Crippen LogP contribution < -0.4 is 0 Å². The summed E-state index contributed by atoms with van der Waals surface area (Å²) in [4.78, 5) is 27.7. The molecule has 0 aliphatic carbocycles. The topological polar surface area (TPSA) is 59.4 Å². The molecule has 0 radical (unpaired) electrons. The van der Waals surface area contributed by atoms with E-state index in [1.54, 1.807) is 6.92 Å². The van der Waals surface area contributed by atoms with Gasteiger partial charge < -0.3 is 0 Å². The molecule has 0 spiro atoms. The van der Waals surface area contributed by atoms with Crippen LogP contribution in [0.2, 0.25) is 0 Å². The lowest BCUT2D eigenvalue weighted by atomic mass is 10.4. The van der Waals surface area contributed by atoms with Crippen molar-refractivity contribution in [2.24, 2.45) is 4.99 Å². The first-order valence-electron chi connectivity index (χ1n) is 2.78. The summed E-state index contributed by atoms with van der Waals surface area (Å²) in [5, 5.41) is 0. The molecule has 1 heterocycles. The zero-order valence-corrected chi connectivity index (χ0v) is 6.51. The fourth-order valence-electron chi connectivity index (χ4n) is 0.599. The van der Waals surface area contributed by atoms with Crippen molar-refractivity contribution in [3.05, 3.63) is 16.1 Å². The minimum atomic E-state index is -0.569. The molecule has 0 aromatic carbocycles. The van der Waals surface area contributed by atoms with Crippen LogP contribution in [-0.2, 0) is 4.79 Å². The molecule has 0 fully saturated rings. The van der Waals surface area contributed by atoms with Crippen LogP contribution in [0.3, 0.4) is 0 Å². The normalized spacial score (nSPS) is 8.82. The second kappa shape index (κ2) is 3.18. The van der Waals surface area contributed by atoms with Gasteiger partial charge in [0.25, 0.3) is 5.91 Å². The predicted molar refractivity (Wildman–Crippen MR) is 39.3 cm³/mol. The molecule has 0 N–H and O–H groups in total. The Kier molecular flexibility index (Phi) is 2.25. The molecule has 0 saturated heterocycles. The molecule has 0 saturated carbocycles. The molecule has 56 valence electrons. The van der Waals surface area contributed by atoms with Gasteiger partial charge in [0, 0.05) is 0 Å². The Bertz CT molecular complexity index is 325. The monoisotopic (exact) mass is 168 g/mol. The Labute approximate surface area is 66.6 Å². The first kappa shape index (κ1) is 7.78. The van der Waals surface area contributed by atoms with Gasteiger partial charge in [-0.15, -0.1) is 16.3 Å². The summed E-state index contributed by atoms with van der Waals surface area (Å²) >= 11 is 1.16. The molecule has 0 unspecified atom stereocenters. The average Bonchev–Trinajstić information content (AvgIpc) is 2.36. The standard InChI is InChI=1S/C6H4N2O2S/c1-4-5(11-3-8-4)6(10)7-2-9/h3H,1H3. The van der Waals surface area contributed by atoms with Crippen molar-refractivity contribution in [2.45, 2.75) is 6.92 Å². The molecule has 5 heteroatoms. The number of hydrogen-bond donors (Lipinski definition) is 0. The lowest BCUT2D eigenvalue weighted by Gasteiger charge is -1.85. The van der Waals surface area contributed by atoms with E-state index >= 15 is 0 Å². The van der Waals surface area contributed by atoms with Gasteiger partial charge in [0.15, 0.2) is 0 Å². The van der Waals surface area contributed by atoms with Gasteiger partial charge in [0.1, 0.15) is 4.88 Å². The molecule has 1 amide bonds. The van der Waals surface area contributed by atoms with Crippen molar-refractivity contribution in [3.8, 4) is 0 Å². The number of aromatic nitrogens is 1. The summed E-state index contributed by atoms with van der Waals surface area (Å²) in [7, 11) is 0. The number of thiazole rings is 1. The van der Waals surface area contributed by atoms with E-state index in [2.05, 4.69) is 9.98 Å². The van der Waals surface area contributed by atoms with Gasteiger partial charge in [0.05, 0.1) is 11.2 Å². The summed E-state index contributed by atoms with van der Waals surface area (Å²) in [5.74, 6) is -0.569. The van der Waals surface area contributed by atoms with Crippen molar-refractivity contribution in [3.63, 3.8) is 0 Å². The molecule has 1 aromatic heterocycles. The lowest BCUT2D eigenvalue weighted by Crippen LogP contribution is -1.92. The Morgan fingerprint density at radius 2 is 2.55 bits per heavy atom. The second-order valence-electron chi connectivity index (χ2n) is 1.78. The van der Waals surface area contributed by atoms with Gasteiger partial charge in [-0.3, -0.25) is 4.79 Å². The summed E-state index contributed by atoms with van der Waals surface area (Å²) in [6.07, 6.45) is 1.19. The van der Waals surface area contributed by atoms with Crippen LogP contribution in [0.25, 0.3) is 0 Å². The van der Waals surface area contributed by atoms with Crippen LogP contribution in [0.1, 0.15) is 15.4 Å². The van der Waals surface area contributed by atoms with Gasteiger partial charge in [-0.05, 0) is 6.92 Å². The number of isocyanates is 1. The van der Waals surface area contributed by atoms with E-state index in [9.17, 15) is 9.59 Å². The minimum Gasteiger partial charge on any atom is -0.265 e. The molecule has 4 nitrogen and oxygen atoms in total. The highest BCUT2D eigenvalue weighted by molar-refractivity contribution is 7.11. The highest BCUT2D eigenvalue weighted by Crippen LogP contribution is 2.12. The lowest BCUT2D eigenvalue weighted by molar-refractivity contribution is 0.101. The number of aliphatic imine (C=N–C) groups is 1. The predicted octanol–water partition coefficient (Wildman–Crippen LogP) is 0.928. The highest BCUT2D eigenvalue weighted by Gasteiger charge is 2.09. The second-order valence-corrected chi connectivity index (χ2v) is 2.63. The summed E-state index contributed by atoms with van der Waals surface area (Å²) < 4.78 is 0. The van der Waals surface area contributed by atoms with Crippen LogP contribution in [0.5, 0.6) is 0 Å². The Morgan fingerprint density at radius 1 is 1.82 bits per heavy atom. The quantitative estimate of drug-likeness (QED) is 0.463. The fraction of sp³-hybridized carbons (Fsp3) is 0.167. The van der Waals surface area contributed by atoms with Crippen LogP contribution in [0, 0.1) is 6.92 Å². The van der Waals surface area contributed by atoms with Crippen molar-refractivity contribution in [1.29, 1.82) is 0 Å². The molecule has 0 aliphatic rings. The van der Waals surface area contributed by atoms with E-state index in [1.165, 1.54) is 11.6 Å². The van der Waals surface area contributed by atoms with Crippen LogP contribution in [0.4, 0.5) is 0 Å². The van der Waals surface area contributed by atoms with Crippen molar-refractivity contribution >= 4 is 23.3 Å². The molecular formula is C6H4N2O2S. The molecular weight excluding hydrogens is 164 g/mol. The Morgan fingerprint density at radius 3 is 3.00 bits per heavy atom. The van der Waals surface area contributed by atoms with Gasteiger partial charge in [-0.25, -0.2) is 9.78 Å². The number of carbonyl (C=O) groups is 1. The van der Waals surface area contributed by atoms with Gasteiger partial charge in [-0.1, -0.05) is 0 Å². The molecule has 1 rings (SSSR count). The molecule has 0 atom stereocenters. The Hall–Kier alpha value is -1.32. The third kappa shape index (κ3) is 1.58. The van der Waals surface area contributed by atoms with Crippen molar-refractivity contribution in [2.75, 3.05) is 0 Å². The number of rotatable bonds is 1. The van der Waals surface area contributed by atoms with E-state index in [4.69, 9.17) is 0 Å². The van der Waals surface area contributed by atoms with E-state index in [1.807, 2.05) is 0 Å². The highest BCUT2D eigenvalue weighted by atomic mass is 32.1. The number of amides is 1. The average molecular weight is 168 g/mol. The molecule has 0 aliphatic heterocycles. The molecule has 11 heavy (non-hydrogen) atoms. The summed E-state index contributed by atoms with van der Waals surface area (Å²) in [5.41, 5.74) is 2.13. The Balaban J connectivity index is 3.02. The number of carbonyl (C=O) groups excluding carboxylic acids is 2. The van der Waals surface area contributed by atoms with E-state index in [-0.39, 0.29) is 0 Å². The largest absolute Gasteiger partial charge is 0.299 e. The summed E-state index contributed by atoms with van der Waals surface area (Å²) in [6.45, 7) is 1.68. The van der Waals surface area contributed by atoms with Crippen LogP contribution in [-0.4, -0.2) is 17.0 Å². The van der Waals surface area contributed by atoms with Crippen LogP contribution >= 0.6 is 11.3 Å². The first-order chi connectivity index (χ1) is 5.25. The van der Waals surface area contributed by atoms with Crippen molar-refractivity contribution in [1.82, 2.24) is 4.98 Å². The van der Waals surface area contributed by atoms with E-state index in [0.717, 1.165) is 11.3 Å². The van der Waals surface area contributed by atoms with Gasteiger partial charge in [-0.2, -0.15) is 0 Å². The fourth-order valence-corrected chi connectivity index (χ4v) is 1.29. The molecule has 0 bridgehead atoms. The maximum absolute atomic E-state index is 10.9. The third-order valence-electron chi connectivity index (χ3n) is 1.09. The zero-order valence-electron chi connectivity index (χ0n) is 5.70. The number of nitrogens with zero attached hydrogens (tertiary/aromatic N) is 2. The third-order valence-corrected chi connectivity index (χ3v) is 2.00. The maximum atomic E-state index is 10.9. The van der Waals surface area contributed by atoms with Crippen molar-refractivity contribution < 1.29 is 9.59 Å². The SMILES string of the molecule is Cc1ncsc1C(=O)N=C=O. The zero-order chi connectivity index (χ0) is 8.27. The van der Waals surface area contributed by atoms with Crippen LogP contribution in [0.15, 0.2) is 10.5 Å². The number of aryl methyl sites for hydroxylation is 1. The first-order valence-corrected chi connectivity index (χ1v) is 3.66. The minimum absolute atomic E-state index is 0.397. The number of hydrogen-bond acceptors (Lipinski definition) is 4. The van der Waals surface area contributed by atoms with Gasteiger partial charge in [0.2, 0.25) is 6.08 Å².